The summed E-state index contributed by atoms with van der Waals surface area (Å²) in [5.74, 6) is -0.690. The molecule has 4 nitrogen and oxygen atoms in total. The molecule has 0 saturated carbocycles. The molecule has 4 rings (SSSR count). The smallest absolute Gasteiger partial charge is 0.205 e. The van der Waals surface area contributed by atoms with E-state index in [1.807, 2.05) is 55.5 Å². The second kappa shape index (κ2) is 7.17. The third-order valence-electron chi connectivity index (χ3n) is 5.18. The van der Waals surface area contributed by atoms with Crippen molar-refractivity contribution in [2.24, 2.45) is 10.9 Å². The van der Waals surface area contributed by atoms with E-state index in [4.69, 9.17) is 5.73 Å². The normalized spacial score (nSPS) is 18.3. The van der Waals surface area contributed by atoms with Crippen molar-refractivity contribution in [1.82, 2.24) is 0 Å². The highest BCUT2D eigenvalue weighted by atomic mass is 32.1. The summed E-state index contributed by atoms with van der Waals surface area (Å²) in [5, 5.41) is 0.723. The summed E-state index contributed by atoms with van der Waals surface area (Å²) in [6, 6.07) is 18.9. The van der Waals surface area contributed by atoms with Gasteiger partial charge in [-0.3, -0.25) is 9.59 Å². The highest BCUT2D eigenvalue weighted by Gasteiger charge is 2.39. The minimum atomic E-state index is -0.383. The Morgan fingerprint density at radius 1 is 1.00 bits per heavy atom. The number of nitrogens with zero attached hydrogens (tertiary/aromatic N) is 1. The Balaban J connectivity index is 1.91. The molecule has 0 saturated heterocycles. The number of hydrogen-bond donors (Lipinski definition) is 1. The second-order valence-corrected chi connectivity index (χ2v) is 7.99. The van der Waals surface area contributed by atoms with Gasteiger partial charge in [0.25, 0.3) is 0 Å². The van der Waals surface area contributed by atoms with E-state index in [1.165, 1.54) is 11.3 Å². The predicted molar refractivity (Wildman–Crippen MR) is 114 cm³/mol. The molecule has 0 fully saturated rings. The first-order valence-electron chi connectivity index (χ1n) is 9.11. The van der Waals surface area contributed by atoms with Crippen molar-refractivity contribution in [2.75, 3.05) is 5.73 Å². The van der Waals surface area contributed by atoms with Gasteiger partial charge in [0.05, 0.1) is 11.6 Å². The number of thiophene rings is 1. The van der Waals surface area contributed by atoms with Crippen LogP contribution in [0.5, 0.6) is 0 Å². The quantitative estimate of drug-likeness (QED) is 0.639. The Morgan fingerprint density at radius 2 is 1.61 bits per heavy atom. The van der Waals surface area contributed by atoms with Crippen molar-refractivity contribution >= 4 is 39.3 Å². The fourth-order valence-electron chi connectivity index (χ4n) is 3.90. The summed E-state index contributed by atoms with van der Waals surface area (Å²) in [4.78, 5) is 30.7. The van der Waals surface area contributed by atoms with Gasteiger partial charge in [-0.1, -0.05) is 60.7 Å². The van der Waals surface area contributed by atoms with E-state index in [0.717, 1.165) is 21.8 Å². The fraction of sp³-hybridized carbons (Fsp3) is 0.174. The number of carbonyl (C=O) groups excluding carboxylic acids is 2. The van der Waals surface area contributed by atoms with Crippen molar-refractivity contribution in [1.29, 1.82) is 0 Å². The van der Waals surface area contributed by atoms with Crippen LogP contribution < -0.4 is 5.73 Å². The molecule has 2 atom stereocenters. The molecule has 0 bridgehead atoms. The van der Waals surface area contributed by atoms with Crippen molar-refractivity contribution in [3.05, 3.63) is 82.2 Å². The number of Topliss-reactive ketones (excluding diaryl/α,β-unsaturated/α-hetero) is 1. The van der Waals surface area contributed by atoms with Crippen LogP contribution >= 0.6 is 11.3 Å². The Kier molecular flexibility index (Phi) is 4.69. The van der Waals surface area contributed by atoms with Crippen LogP contribution in [0.2, 0.25) is 0 Å². The van der Waals surface area contributed by atoms with Crippen LogP contribution in [0.4, 0.5) is 10.7 Å². The van der Waals surface area contributed by atoms with E-state index in [-0.39, 0.29) is 23.4 Å². The molecule has 2 unspecified atom stereocenters. The van der Waals surface area contributed by atoms with Crippen LogP contribution in [0.15, 0.2) is 65.7 Å². The minimum absolute atomic E-state index is 0.0438. The predicted octanol–water partition coefficient (Wildman–Crippen LogP) is 5.00. The van der Waals surface area contributed by atoms with Crippen LogP contribution in [-0.4, -0.2) is 17.3 Å². The van der Waals surface area contributed by atoms with E-state index in [0.29, 0.717) is 16.1 Å². The van der Waals surface area contributed by atoms with Gasteiger partial charge in [0.2, 0.25) is 5.78 Å². The van der Waals surface area contributed by atoms with Crippen molar-refractivity contribution in [2.45, 2.75) is 19.8 Å². The molecule has 140 valence electrons. The maximum absolute atomic E-state index is 13.0. The maximum atomic E-state index is 13.0. The first-order valence-corrected chi connectivity index (χ1v) is 9.93. The number of fused-ring (bicyclic) bond motifs is 1. The number of benzene rings is 2. The number of rotatable bonds is 4. The molecule has 0 spiro atoms. The number of nitrogen functional groups attached to an aromatic ring is 1. The summed E-state index contributed by atoms with van der Waals surface area (Å²) < 4.78 is 0. The number of ketones is 2. The lowest BCUT2D eigenvalue weighted by molar-refractivity contribution is -0.119. The number of anilines is 1. The molecule has 2 heterocycles. The van der Waals surface area contributed by atoms with Gasteiger partial charge in [0.1, 0.15) is 15.7 Å². The molecule has 3 aromatic rings. The zero-order valence-electron chi connectivity index (χ0n) is 15.7. The molecule has 0 amide bonds. The summed E-state index contributed by atoms with van der Waals surface area (Å²) >= 11 is 1.31. The van der Waals surface area contributed by atoms with Gasteiger partial charge in [-0.2, -0.15) is 0 Å². The molecule has 1 aliphatic heterocycles. The van der Waals surface area contributed by atoms with Gasteiger partial charge < -0.3 is 5.73 Å². The van der Waals surface area contributed by atoms with Gasteiger partial charge in [0.15, 0.2) is 0 Å². The topological polar surface area (TPSA) is 72.5 Å². The zero-order valence-corrected chi connectivity index (χ0v) is 16.5. The number of aliphatic imine (C=N–C) groups is 1. The summed E-state index contributed by atoms with van der Waals surface area (Å²) in [5.41, 5.74) is 10.1. The SMILES string of the molecule is CC(=O)C1C(C)=Nc2sc(C(=O)c3ccccc3)c(N)c2C1c1ccccc1. The van der Waals surface area contributed by atoms with Gasteiger partial charge in [-0.15, -0.1) is 11.3 Å². The molecule has 1 aromatic heterocycles. The number of carbonyl (C=O) groups is 2. The highest BCUT2D eigenvalue weighted by Crippen LogP contribution is 2.51. The Bertz CT molecular complexity index is 1080. The third kappa shape index (κ3) is 2.98. The maximum Gasteiger partial charge on any atom is 0.205 e. The molecule has 5 heteroatoms. The number of nitrogens with two attached hydrogens (primary N) is 1. The standard InChI is InChI=1S/C23H20N2O2S/c1-13-17(14(2)26)18(15-9-5-3-6-10-15)19-20(24)22(28-23(19)25-13)21(27)16-11-7-4-8-12-16/h3-12,17-18H,24H2,1-2H3. The average Bonchev–Trinajstić information content (AvgIpc) is 3.03. The van der Waals surface area contributed by atoms with Gasteiger partial charge >= 0.3 is 0 Å². The zero-order chi connectivity index (χ0) is 19.8. The van der Waals surface area contributed by atoms with Gasteiger partial charge in [-0.05, 0) is 19.4 Å². The summed E-state index contributed by atoms with van der Waals surface area (Å²) in [7, 11) is 0. The van der Waals surface area contributed by atoms with E-state index in [2.05, 4.69) is 4.99 Å². The van der Waals surface area contributed by atoms with E-state index >= 15 is 0 Å². The molecule has 1 aliphatic rings. The van der Waals surface area contributed by atoms with Crippen molar-refractivity contribution < 1.29 is 9.59 Å². The molecule has 2 aromatic carbocycles. The molecule has 28 heavy (non-hydrogen) atoms. The molecule has 0 aliphatic carbocycles. The Morgan fingerprint density at radius 3 is 2.21 bits per heavy atom. The van der Waals surface area contributed by atoms with Crippen LogP contribution in [0, 0.1) is 5.92 Å². The van der Waals surface area contributed by atoms with Crippen LogP contribution in [0.1, 0.15) is 46.1 Å². The average molecular weight is 388 g/mol. The van der Waals surface area contributed by atoms with Gasteiger partial charge in [0, 0.05) is 22.8 Å². The summed E-state index contributed by atoms with van der Waals surface area (Å²) in [6.45, 7) is 3.46. The van der Waals surface area contributed by atoms with E-state index in [1.54, 1.807) is 19.1 Å². The third-order valence-corrected chi connectivity index (χ3v) is 6.29. The molecule has 2 N–H and O–H groups in total. The van der Waals surface area contributed by atoms with Crippen LogP contribution in [0.3, 0.4) is 0 Å². The monoisotopic (exact) mass is 388 g/mol. The first kappa shape index (κ1) is 18.3. The molecular formula is C23H20N2O2S. The molecule has 0 radical (unpaired) electrons. The van der Waals surface area contributed by atoms with Crippen LogP contribution in [0.25, 0.3) is 0 Å². The molecular weight excluding hydrogens is 368 g/mol. The largest absolute Gasteiger partial charge is 0.397 e. The van der Waals surface area contributed by atoms with Gasteiger partial charge in [-0.25, -0.2) is 4.99 Å². The van der Waals surface area contributed by atoms with Crippen LogP contribution in [-0.2, 0) is 4.79 Å². The summed E-state index contributed by atoms with van der Waals surface area (Å²) in [6.07, 6.45) is 0. The first-order chi connectivity index (χ1) is 13.5. The highest BCUT2D eigenvalue weighted by molar-refractivity contribution is 7.18. The van der Waals surface area contributed by atoms with E-state index in [9.17, 15) is 9.59 Å². The van der Waals surface area contributed by atoms with E-state index < -0.39 is 0 Å². The lowest BCUT2D eigenvalue weighted by atomic mass is 9.75. The minimum Gasteiger partial charge on any atom is -0.397 e. The Hall–Kier alpha value is -3.05. The lowest BCUT2D eigenvalue weighted by Gasteiger charge is -2.30. The van der Waals surface area contributed by atoms with Crippen molar-refractivity contribution in [3.8, 4) is 0 Å². The fourth-order valence-corrected chi connectivity index (χ4v) is 5.06. The Labute approximate surface area is 167 Å². The van der Waals surface area contributed by atoms with Crippen molar-refractivity contribution in [3.63, 3.8) is 0 Å². The lowest BCUT2D eigenvalue weighted by Crippen LogP contribution is -2.30. The second-order valence-electron chi connectivity index (χ2n) is 6.99. The number of hydrogen-bond acceptors (Lipinski definition) is 5.